The number of aryl methyl sites for hydroxylation is 1. The van der Waals surface area contributed by atoms with E-state index in [0.29, 0.717) is 18.2 Å². The van der Waals surface area contributed by atoms with Gasteiger partial charge in [-0.3, -0.25) is 4.79 Å². The van der Waals surface area contributed by atoms with Gasteiger partial charge in [0, 0.05) is 12.6 Å². The fourth-order valence-electron chi connectivity index (χ4n) is 2.10. The third-order valence-corrected chi connectivity index (χ3v) is 3.29. The maximum atomic E-state index is 11.7. The number of hydrogen-bond donors (Lipinski definition) is 1. The predicted octanol–water partition coefficient (Wildman–Crippen LogP) is 2.84. The zero-order chi connectivity index (χ0) is 14.4. The molecule has 0 aliphatic heterocycles. The monoisotopic (exact) mass is 272 g/mol. The molecule has 1 atom stereocenters. The van der Waals surface area contributed by atoms with Gasteiger partial charge in [-0.1, -0.05) is 42.4 Å². The van der Waals surface area contributed by atoms with E-state index in [2.05, 4.69) is 29.5 Å². The predicted molar refractivity (Wildman–Crippen MR) is 77.4 cm³/mol. The van der Waals surface area contributed by atoms with Gasteiger partial charge in [-0.25, -0.2) is 0 Å². The van der Waals surface area contributed by atoms with Crippen LogP contribution < -0.4 is 5.32 Å². The van der Waals surface area contributed by atoms with Gasteiger partial charge in [-0.15, -0.1) is 0 Å². The Bertz CT molecular complexity index is 549. The van der Waals surface area contributed by atoms with E-state index in [1.54, 1.807) is 6.07 Å². The highest BCUT2D eigenvalue weighted by Gasteiger charge is 2.09. The van der Waals surface area contributed by atoms with E-state index in [4.69, 9.17) is 4.52 Å². The second-order valence-electron chi connectivity index (χ2n) is 5.06. The summed E-state index contributed by atoms with van der Waals surface area (Å²) in [6.45, 7) is 4.66. The highest BCUT2D eigenvalue weighted by atomic mass is 16.5. The Morgan fingerprint density at radius 1 is 1.35 bits per heavy atom. The van der Waals surface area contributed by atoms with Crippen molar-refractivity contribution in [3.63, 3.8) is 0 Å². The normalized spacial score (nSPS) is 12.1. The summed E-state index contributed by atoms with van der Waals surface area (Å²) >= 11 is 0. The largest absolute Gasteiger partial charge is 0.361 e. The molecule has 1 N–H and O–H groups in total. The summed E-state index contributed by atoms with van der Waals surface area (Å²) in [4.78, 5) is 11.7. The molecule has 1 aromatic carbocycles. The number of aromatic nitrogens is 1. The van der Waals surface area contributed by atoms with Gasteiger partial charge >= 0.3 is 0 Å². The van der Waals surface area contributed by atoms with Crippen LogP contribution in [-0.2, 0) is 11.2 Å². The molecule has 2 rings (SSSR count). The van der Waals surface area contributed by atoms with Crippen molar-refractivity contribution in [3.05, 3.63) is 53.4 Å². The molecular formula is C16H20N2O2. The molecule has 0 spiro atoms. The van der Waals surface area contributed by atoms with E-state index in [1.165, 1.54) is 5.56 Å². The fourth-order valence-corrected chi connectivity index (χ4v) is 2.10. The summed E-state index contributed by atoms with van der Waals surface area (Å²) in [7, 11) is 0. The van der Waals surface area contributed by atoms with Gasteiger partial charge in [0.15, 0.2) is 0 Å². The van der Waals surface area contributed by atoms with Gasteiger partial charge in [-0.2, -0.15) is 0 Å². The number of benzene rings is 1. The second kappa shape index (κ2) is 6.89. The van der Waals surface area contributed by atoms with E-state index in [9.17, 15) is 4.79 Å². The van der Waals surface area contributed by atoms with E-state index >= 15 is 0 Å². The lowest BCUT2D eigenvalue weighted by Crippen LogP contribution is -2.27. The SMILES string of the molecule is Cc1cc(CC(=O)NCCC(C)c2ccccc2)no1. The first-order valence-electron chi connectivity index (χ1n) is 6.89. The Balaban J connectivity index is 1.71. The summed E-state index contributed by atoms with van der Waals surface area (Å²) in [5.41, 5.74) is 1.98. The van der Waals surface area contributed by atoms with Crippen molar-refractivity contribution in [2.45, 2.75) is 32.6 Å². The molecule has 1 amide bonds. The number of carbonyl (C=O) groups is 1. The Morgan fingerprint density at radius 2 is 2.10 bits per heavy atom. The van der Waals surface area contributed by atoms with E-state index in [0.717, 1.165) is 12.2 Å². The van der Waals surface area contributed by atoms with Crippen molar-refractivity contribution in [1.29, 1.82) is 0 Å². The van der Waals surface area contributed by atoms with Crippen molar-refractivity contribution < 1.29 is 9.32 Å². The smallest absolute Gasteiger partial charge is 0.226 e. The lowest BCUT2D eigenvalue weighted by Gasteiger charge is -2.12. The fraction of sp³-hybridized carbons (Fsp3) is 0.375. The summed E-state index contributed by atoms with van der Waals surface area (Å²) in [6.07, 6.45) is 1.20. The third-order valence-electron chi connectivity index (χ3n) is 3.29. The van der Waals surface area contributed by atoms with Crippen molar-refractivity contribution in [1.82, 2.24) is 10.5 Å². The van der Waals surface area contributed by atoms with Crippen LogP contribution in [0.3, 0.4) is 0 Å². The number of nitrogens with one attached hydrogen (secondary N) is 1. The third kappa shape index (κ3) is 4.23. The molecule has 106 valence electrons. The van der Waals surface area contributed by atoms with Crippen molar-refractivity contribution in [3.8, 4) is 0 Å². The molecule has 4 heteroatoms. The number of rotatable bonds is 6. The van der Waals surface area contributed by atoms with Crippen molar-refractivity contribution in [2.24, 2.45) is 0 Å². The van der Waals surface area contributed by atoms with Crippen LogP contribution in [0.2, 0.25) is 0 Å². The van der Waals surface area contributed by atoms with Crippen molar-refractivity contribution in [2.75, 3.05) is 6.54 Å². The van der Waals surface area contributed by atoms with Crippen LogP contribution in [0, 0.1) is 6.92 Å². The topological polar surface area (TPSA) is 55.1 Å². The maximum Gasteiger partial charge on any atom is 0.226 e. The van der Waals surface area contributed by atoms with Crippen LogP contribution in [0.15, 0.2) is 40.9 Å². The minimum atomic E-state index is -0.0152. The van der Waals surface area contributed by atoms with E-state index in [-0.39, 0.29) is 12.3 Å². The van der Waals surface area contributed by atoms with E-state index < -0.39 is 0 Å². The molecule has 0 aliphatic rings. The first-order chi connectivity index (χ1) is 9.65. The van der Waals surface area contributed by atoms with Crippen LogP contribution in [0.5, 0.6) is 0 Å². The molecule has 0 radical (unpaired) electrons. The first kappa shape index (κ1) is 14.3. The van der Waals surface area contributed by atoms with Crippen LogP contribution in [0.4, 0.5) is 0 Å². The second-order valence-corrected chi connectivity index (χ2v) is 5.06. The Morgan fingerprint density at radius 3 is 2.75 bits per heavy atom. The van der Waals surface area contributed by atoms with Gasteiger partial charge < -0.3 is 9.84 Å². The van der Waals surface area contributed by atoms with Gasteiger partial charge in [0.25, 0.3) is 0 Å². The minimum Gasteiger partial charge on any atom is -0.361 e. The van der Waals surface area contributed by atoms with Crippen LogP contribution in [-0.4, -0.2) is 17.6 Å². The molecule has 0 bridgehead atoms. The molecular weight excluding hydrogens is 252 g/mol. The Labute approximate surface area is 119 Å². The highest BCUT2D eigenvalue weighted by Crippen LogP contribution is 2.17. The molecule has 4 nitrogen and oxygen atoms in total. The van der Waals surface area contributed by atoms with Crippen LogP contribution in [0.25, 0.3) is 0 Å². The average molecular weight is 272 g/mol. The molecule has 1 unspecified atom stereocenters. The maximum absolute atomic E-state index is 11.7. The number of carbonyl (C=O) groups excluding carboxylic acids is 1. The zero-order valence-electron chi connectivity index (χ0n) is 11.9. The average Bonchev–Trinajstić information content (AvgIpc) is 2.85. The van der Waals surface area contributed by atoms with Gasteiger partial charge in [0.05, 0.1) is 12.1 Å². The molecule has 2 aromatic rings. The Kier molecular flexibility index (Phi) is 4.93. The van der Waals surface area contributed by atoms with Gasteiger partial charge in [-0.05, 0) is 24.8 Å². The molecule has 0 saturated heterocycles. The summed E-state index contributed by atoms with van der Waals surface area (Å²) < 4.78 is 4.94. The zero-order valence-corrected chi connectivity index (χ0v) is 11.9. The quantitative estimate of drug-likeness (QED) is 0.879. The molecule has 0 saturated carbocycles. The summed E-state index contributed by atoms with van der Waals surface area (Å²) in [6, 6.07) is 12.1. The number of amides is 1. The first-order valence-corrected chi connectivity index (χ1v) is 6.89. The summed E-state index contributed by atoms with van der Waals surface area (Å²) in [5, 5.41) is 6.73. The Hall–Kier alpha value is -2.10. The lowest BCUT2D eigenvalue weighted by molar-refractivity contribution is -0.120. The van der Waals surface area contributed by atoms with Gasteiger partial charge in [0.2, 0.25) is 5.91 Å². The highest BCUT2D eigenvalue weighted by molar-refractivity contribution is 5.78. The molecule has 1 heterocycles. The standard InChI is InChI=1S/C16H20N2O2/c1-12(14-6-4-3-5-7-14)8-9-17-16(19)11-15-10-13(2)20-18-15/h3-7,10,12H,8-9,11H2,1-2H3,(H,17,19). The minimum absolute atomic E-state index is 0.0152. The number of nitrogens with zero attached hydrogens (tertiary/aromatic N) is 1. The van der Waals surface area contributed by atoms with Gasteiger partial charge in [0.1, 0.15) is 5.76 Å². The lowest BCUT2D eigenvalue weighted by atomic mass is 9.98. The summed E-state index contributed by atoms with van der Waals surface area (Å²) in [5.74, 6) is 1.15. The molecule has 20 heavy (non-hydrogen) atoms. The van der Waals surface area contributed by atoms with Crippen LogP contribution >= 0.6 is 0 Å². The molecule has 1 aromatic heterocycles. The van der Waals surface area contributed by atoms with E-state index in [1.807, 2.05) is 25.1 Å². The molecule has 0 aliphatic carbocycles. The van der Waals surface area contributed by atoms with Crippen molar-refractivity contribution >= 4 is 5.91 Å². The number of hydrogen-bond acceptors (Lipinski definition) is 3. The van der Waals surface area contributed by atoms with Crippen LogP contribution in [0.1, 0.15) is 36.3 Å². The molecule has 0 fully saturated rings.